The molecule has 1 fully saturated rings. The molecule has 0 radical (unpaired) electrons. The molecular formula is C17H18N4. The average Bonchev–Trinajstić information content (AvgIpc) is 3.00. The van der Waals surface area contributed by atoms with Gasteiger partial charge < -0.3 is 10.6 Å². The Hall–Kier alpha value is -2.54. The first kappa shape index (κ1) is 13.4. The molecule has 1 aromatic heterocycles. The lowest BCUT2D eigenvalue weighted by Crippen LogP contribution is -2.22. The summed E-state index contributed by atoms with van der Waals surface area (Å²) < 4.78 is 0. The van der Waals surface area contributed by atoms with Crippen LogP contribution in [0.25, 0.3) is 0 Å². The minimum absolute atomic E-state index is 0.355. The Morgan fingerprint density at radius 3 is 2.86 bits per heavy atom. The van der Waals surface area contributed by atoms with E-state index in [0.29, 0.717) is 18.2 Å². The summed E-state index contributed by atoms with van der Waals surface area (Å²) in [6, 6.07) is 12.7. The smallest absolute Gasteiger partial charge is 0.0670 e. The minimum atomic E-state index is 0.355. The molecule has 1 aromatic carbocycles. The maximum Gasteiger partial charge on any atom is 0.0670 e. The van der Waals surface area contributed by atoms with Crippen LogP contribution in [0.5, 0.6) is 0 Å². The molecule has 4 nitrogen and oxygen atoms in total. The fourth-order valence-electron chi connectivity index (χ4n) is 3.02. The van der Waals surface area contributed by atoms with E-state index in [1.54, 1.807) is 0 Å². The van der Waals surface area contributed by atoms with E-state index in [1.807, 2.05) is 18.5 Å². The summed E-state index contributed by atoms with van der Waals surface area (Å²) in [7, 11) is 0. The zero-order valence-corrected chi connectivity index (χ0v) is 11.9. The van der Waals surface area contributed by atoms with Gasteiger partial charge in [0.1, 0.15) is 0 Å². The summed E-state index contributed by atoms with van der Waals surface area (Å²) >= 11 is 0. The fraction of sp³-hybridized carbons (Fsp3) is 0.294. The van der Waals surface area contributed by atoms with Crippen molar-refractivity contribution in [2.75, 3.05) is 17.2 Å². The number of hydrogen-bond acceptors (Lipinski definition) is 4. The van der Waals surface area contributed by atoms with Gasteiger partial charge in [0.05, 0.1) is 18.5 Å². The van der Waals surface area contributed by atoms with Crippen LogP contribution in [-0.2, 0) is 6.42 Å². The molecule has 2 heterocycles. The fourth-order valence-corrected chi connectivity index (χ4v) is 3.02. The van der Waals surface area contributed by atoms with Crippen LogP contribution >= 0.6 is 0 Å². The summed E-state index contributed by atoms with van der Waals surface area (Å²) in [6.45, 7) is 1.03. The molecule has 1 aliphatic rings. The molecule has 1 unspecified atom stereocenters. The quantitative estimate of drug-likeness (QED) is 0.876. The van der Waals surface area contributed by atoms with Crippen LogP contribution in [0.15, 0.2) is 42.7 Å². The molecular weight excluding hydrogens is 260 g/mol. The standard InChI is InChI=1S/C17H18N4/c18-8-5-14-12-15(3-4-16(14)19)21-11-1-2-17(21)13-6-9-20-10-7-13/h3-4,6-7,9-10,12,17H,1-2,5,11,19H2. The summed E-state index contributed by atoms with van der Waals surface area (Å²) in [4.78, 5) is 6.49. The Balaban J connectivity index is 1.92. The SMILES string of the molecule is N#CCc1cc(N2CCCC2c2ccncc2)ccc1N. The van der Waals surface area contributed by atoms with Crippen LogP contribution in [0, 0.1) is 11.3 Å². The van der Waals surface area contributed by atoms with Gasteiger partial charge >= 0.3 is 0 Å². The maximum absolute atomic E-state index is 8.90. The number of hydrogen-bond donors (Lipinski definition) is 1. The van der Waals surface area contributed by atoms with Crippen LogP contribution < -0.4 is 10.6 Å². The van der Waals surface area contributed by atoms with E-state index < -0.39 is 0 Å². The summed E-state index contributed by atoms with van der Waals surface area (Å²) in [5, 5.41) is 8.90. The molecule has 2 aromatic rings. The first-order valence-corrected chi connectivity index (χ1v) is 7.21. The molecule has 0 amide bonds. The van der Waals surface area contributed by atoms with Gasteiger partial charge in [0.2, 0.25) is 0 Å². The molecule has 0 bridgehead atoms. The number of nitrogen functional groups attached to an aromatic ring is 1. The summed E-state index contributed by atoms with van der Waals surface area (Å²) in [5.41, 5.74) is 9.99. The van der Waals surface area contributed by atoms with Gasteiger partial charge in [-0.1, -0.05) is 0 Å². The Morgan fingerprint density at radius 2 is 2.10 bits per heavy atom. The van der Waals surface area contributed by atoms with Crippen molar-refractivity contribution in [1.82, 2.24) is 4.98 Å². The van der Waals surface area contributed by atoms with E-state index in [0.717, 1.165) is 24.2 Å². The van der Waals surface area contributed by atoms with Crippen LogP contribution in [-0.4, -0.2) is 11.5 Å². The van der Waals surface area contributed by atoms with Crippen molar-refractivity contribution < 1.29 is 0 Å². The highest BCUT2D eigenvalue weighted by Gasteiger charge is 2.26. The Labute approximate surface area is 124 Å². The number of nitrogens with two attached hydrogens (primary N) is 1. The van der Waals surface area contributed by atoms with Crippen molar-refractivity contribution in [3.05, 3.63) is 53.9 Å². The Kier molecular flexibility index (Phi) is 3.74. The molecule has 2 N–H and O–H groups in total. The molecule has 1 saturated heterocycles. The van der Waals surface area contributed by atoms with E-state index in [2.05, 4.69) is 40.2 Å². The molecule has 21 heavy (non-hydrogen) atoms. The van der Waals surface area contributed by atoms with Gasteiger partial charge in [0.25, 0.3) is 0 Å². The van der Waals surface area contributed by atoms with Crippen molar-refractivity contribution in [2.24, 2.45) is 0 Å². The molecule has 1 aliphatic heterocycles. The first-order chi connectivity index (χ1) is 10.3. The van der Waals surface area contributed by atoms with Crippen molar-refractivity contribution in [3.63, 3.8) is 0 Å². The largest absolute Gasteiger partial charge is 0.398 e. The molecule has 3 rings (SSSR count). The monoisotopic (exact) mass is 278 g/mol. The third-order valence-electron chi connectivity index (χ3n) is 4.07. The van der Waals surface area contributed by atoms with Gasteiger partial charge in [0, 0.05) is 30.3 Å². The highest BCUT2D eigenvalue weighted by molar-refractivity contribution is 5.60. The number of nitriles is 1. The molecule has 0 aliphatic carbocycles. The lowest BCUT2D eigenvalue weighted by atomic mass is 10.0. The van der Waals surface area contributed by atoms with E-state index in [1.165, 1.54) is 12.0 Å². The number of rotatable bonds is 3. The van der Waals surface area contributed by atoms with Gasteiger partial charge in [-0.05, 0) is 54.3 Å². The van der Waals surface area contributed by atoms with E-state index >= 15 is 0 Å². The van der Waals surface area contributed by atoms with Gasteiger partial charge in [-0.3, -0.25) is 4.98 Å². The van der Waals surface area contributed by atoms with Gasteiger partial charge in [-0.25, -0.2) is 0 Å². The minimum Gasteiger partial charge on any atom is -0.398 e. The average molecular weight is 278 g/mol. The predicted octanol–water partition coefficient (Wildman–Crippen LogP) is 3.07. The number of nitrogens with zero attached hydrogens (tertiary/aromatic N) is 3. The lowest BCUT2D eigenvalue weighted by molar-refractivity contribution is 0.717. The normalized spacial score (nSPS) is 17.7. The van der Waals surface area contributed by atoms with E-state index in [4.69, 9.17) is 11.0 Å². The van der Waals surface area contributed by atoms with Crippen LogP contribution in [0.4, 0.5) is 11.4 Å². The third kappa shape index (κ3) is 2.68. The van der Waals surface area contributed by atoms with E-state index in [-0.39, 0.29) is 0 Å². The molecule has 1 atom stereocenters. The van der Waals surface area contributed by atoms with Crippen LogP contribution in [0.2, 0.25) is 0 Å². The number of pyridine rings is 1. The maximum atomic E-state index is 8.90. The predicted molar refractivity (Wildman–Crippen MR) is 83.7 cm³/mol. The third-order valence-corrected chi connectivity index (χ3v) is 4.07. The van der Waals surface area contributed by atoms with Crippen molar-refractivity contribution >= 4 is 11.4 Å². The number of benzene rings is 1. The van der Waals surface area contributed by atoms with Gasteiger partial charge in [-0.2, -0.15) is 5.26 Å². The topological polar surface area (TPSA) is 65.9 Å². The Morgan fingerprint density at radius 1 is 1.29 bits per heavy atom. The van der Waals surface area contributed by atoms with E-state index in [9.17, 15) is 0 Å². The molecule has 106 valence electrons. The second-order valence-electron chi connectivity index (χ2n) is 5.35. The van der Waals surface area contributed by atoms with Crippen molar-refractivity contribution in [2.45, 2.75) is 25.3 Å². The van der Waals surface area contributed by atoms with Crippen molar-refractivity contribution in [1.29, 1.82) is 5.26 Å². The van der Waals surface area contributed by atoms with Gasteiger partial charge in [-0.15, -0.1) is 0 Å². The lowest BCUT2D eigenvalue weighted by Gasteiger charge is -2.27. The highest BCUT2D eigenvalue weighted by Crippen LogP contribution is 2.36. The van der Waals surface area contributed by atoms with Crippen LogP contribution in [0.3, 0.4) is 0 Å². The number of aromatic nitrogens is 1. The van der Waals surface area contributed by atoms with Crippen LogP contribution in [0.1, 0.15) is 30.0 Å². The molecule has 0 saturated carbocycles. The van der Waals surface area contributed by atoms with Gasteiger partial charge in [0.15, 0.2) is 0 Å². The zero-order chi connectivity index (χ0) is 14.7. The molecule has 0 spiro atoms. The second kappa shape index (κ2) is 5.84. The zero-order valence-electron chi connectivity index (χ0n) is 11.9. The highest BCUT2D eigenvalue weighted by atomic mass is 15.2. The first-order valence-electron chi connectivity index (χ1n) is 7.21. The molecule has 4 heteroatoms. The Bertz CT molecular complexity index is 660. The van der Waals surface area contributed by atoms with Crippen molar-refractivity contribution in [3.8, 4) is 6.07 Å². The second-order valence-corrected chi connectivity index (χ2v) is 5.35. The number of anilines is 2. The summed E-state index contributed by atoms with van der Waals surface area (Å²) in [5.74, 6) is 0. The summed E-state index contributed by atoms with van der Waals surface area (Å²) in [6.07, 6.45) is 6.35.